The molecule has 156 valence electrons. The van der Waals surface area contributed by atoms with Gasteiger partial charge in [-0.3, -0.25) is 19.1 Å². The van der Waals surface area contributed by atoms with Crippen LogP contribution in [0.15, 0.2) is 70.5 Å². The minimum absolute atomic E-state index is 0.0187. The second kappa shape index (κ2) is 8.53. The van der Waals surface area contributed by atoms with Gasteiger partial charge in [0, 0.05) is 23.1 Å². The van der Waals surface area contributed by atoms with Gasteiger partial charge >= 0.3 is 5.69 Å². The summed E-state index contributed by atoms with van der Waals surface area (Å²) in [5.74, 6) is -0.192. The van der Waals surface area contributed by atoms with Gasteiger partial charge in [-0.2, -0.15) is 4.98 Å². The number of anilines is 1. The first-order valence-corrected chi connectivity index (χ1v) is 9.86. The first-order chi connectivity index (χ1) is 14.9. The third kappa shape index (κ3) is 4.24. The Morgan fingerprint density at radius 1 is 1.10 bits per heavy atom. The average Bonchev–Trinajstić information content (AvgIpc) is 2.76. The van der Waals surface area contributed by atoms with Crippen LogP contribution in [-0.2, 0) is 17.9 Å². The van der Waals surface area contributed by atoms with Crippen molar-refractivity contribution in [2.75, 3.05) is 5.32 Å². The Morgan fingerprint density at radius 3 is 2.71 bits per heavy atom. The Bertz CT molecular complexity index is 1350. The maximum atomic E-state index is 12.9. The molecule has 2 aliphatic rings. The molecule has 0 radical (unpaired) electrons. The molecule has 8 nitrogen and oxygen atoms in total. The van der Waals surface area contributed by atoms with Crippen LogP contribution in [0.1, 0.15) is 11.3 Å². The van der Waals surface area contributed by atoms with E-state index in [2.05, 4.69) is 15.3 Å². The maximum absolute atomic E-state index is 12.9. The monoisotopic (exact) mass is 435 g/mol. The summed E-state index contributed by atoms with van der Waals surface area (Å²) in [5.41, 5.74) is 0.967. The van der Waals surface area contributed by atoms with Crippen molar-refractivity contribution < 1.29 is 4.79 Å². The molecule has 9 heteroatoms. The third-order valence-corrected chi connectivity index (χ3v) is 5.26. The van der Waals surface area contributed by atoms with Crippen molar-refractivity contribution in [3.63, 3.8) is 0 Å². The van der Waals surface area contributed by atoms with Gasteiger partial charge in [-0.1, -0.05) is 23.7 Å². The molecule has 3 heterocycles. The molecule has 31 heavy (non-hydrogen) atoms. The van der Waals surface area contributed by atoms with Crippen LogP contribution >= 0.6 is 11.6 Å². The maximum Gasteiger partial charge on any atom is 0.352 e. The summed E-state index contributed by atoms with van der Waals surface area (Å²) >= 11 is 6.10. The molecule has 0 fully saturated rings. The number of rotatable bonds is 5. The van der Waals surface area contributed by atoms with Gasteiger partial charge in [0.15, 0.2) is 5.82 Å². The van der Waals surface area contributed by atoms with Gasteiger partial charge in [-0.05, 0) is 48.9 Å². The summed E-state index contributed by atoms with van der Waals surface area (Å²) in [5, 5.41) is 3.34. The van der Waals surface area contributed by atoms with Crippen LogP contribution < -0.4 is 16.6 Å². The Balaban J connectivity index is 1.65. The van der Waals surface area contributed by atoms with E-state index in [-0.39, 0.29) is 30.4 Å². The fraction of sp³-hybridized carbons (Fsp3) is 0.136. The molecule has 2 aromatic rings. The topological polar surface area (TPSA) is 98.9 Å². The van der Waals surface area contributed by atoms with Crippen molar-refractivity contribution in [2.45, 2.75) is 20.0 Å². The zero-order valence-corrected chi connectivity index (χ0v) is 17.3. The quantitative estimate of drug-likeness (QED) is 0.519. The van der Waals surface area contributed by atoms with Crippen LogP contribution in [0.25, 0.3) is 11.4 Å². The normalized spacial score (nSPS) is 10.9. The summed E-state index contributed by atoms with van der Waals surface area (Å²) in [6.45, 7) is 1.70. The number of amides is 1. The third-order valence-electron chi connectivity index (χ3n) is 4.85. The number of hydrogen-bond donors (Lipinski definition) is 1. The van der Waals surface area contributed by atoms with E-state index in [9.17, 15) is 14.4 Å². The average molecular weight is 436 g/mol. The van der Waals surface area contributed by atoms with Crippen LogP contribution in [0.3, 0.4) is 0 Å². The SMILES string of the molecule is Cc1c(Cl)cccc1NC(=O)Cn1cccc2c(=O)n(Cc3ccccn3)c(=O)nc1-2. The van der Waals surface area contributed by atoms with E-state index in [4.69, 9.17) is 11.6 Å². The molecule has 0 spiro atoms. The zero-order chi connectivity index (χ0) is 22.0. The summed E-state index contributed by atoms with van der Waals surface area (Å²) in [4.78, 5) is 46.3. The Kier molecular flexibility index (Phi) is 5.64. The second-order valence-electron chi connectivity index (χ2n) is 6.94. The van der Waals surface area contributed by atoms with Crippen molar-refractivity contribution >= 4 is 23.2 Å². The number of pyridine rings is 2. The zero-order valence-electron chi connectivity index (χ0n) is 16.6. The highest BCUT2D eigenvalue weighted by molar-refractivity contribution is 6.31. The fourth-order valence-electron chi connectivity index (χ4n) is 3.23. The lowest BCUT2D eigenvalue weighted by molar-refractivity contribution is -0.116. The minimum Gasteiger partial charge on any atom is -0.324 e. The molecule has 0 aliphatic carbocycles. The Hall–Kier alpha value is -3.78. The molecule has 1 aromatic carbocycles. The summed E-state index contributed by atoms with van der Waals surface area (Å²) in [6.07, 6.45) is 3.19. The molecule has 1 N–H and O–H groups in total. The number of carbonyl (C=O) groups is 1. The van der Waals surface area contributed by atoms with Gasteiger partial charge in [0.1, 0.15) is 6.54 Å². The molecule has 4 rings (SSSR count). The van der Waals surface area contributed by atoms with Crippen LogP contribution in [0.5, 0.6) is 0 Å². The number of carbonyl (C=O) groups excluding carboxylic acids is 1. The highest BCUT2D eigenvalue weighted by Crippen LogP contribution is 2.23. The first kappa shape index (κ1) is 20.5. The minimum atomic E-state index is -0.700. The molecule has 1 amide bonds. The molecule has 2 aliphatic heterocycles. The first-order valence-electron chi connectivity index (χ1n) is 9.49. The number of hydrogen-bond acceptors (Lipinski definition) is 5. The summed E-state index contributed by atoms with van der Waals surface area (Å²) < 4.78 is 2.50. The smallest absolute Gasteiger partial charge is 0.324 e. The number of fused-ring (bicyclic) bond motifs is 1. The number of nitrogens with zero attached hydrogens (tertiary/aromatic N) is 4. The molecule has 0 saturated heterocycles. The van der Waals surface area contributed by atoms with Crippen molar-refractivity contribution in [2.24, 2.45) is 0 Å². The van der Waals surface area contributed by atoms with E-state index >= 15 is 0 Å². The molecule has 0 unspecified atom stereocenters. The van der Waals surface area contributed by atoms with Crippen molar-refractivity contribution in [3.8, 4) is 11.4 Å². The van der Waals surface area contributed by atoms with Crippen LogP contribution in [0.2, 0.25) is 5.02 Å². The fourth-order valence-corrected chi connectivity index (χ4v) is 3.40. The standard InChI is InChI=1S/C22H18ClN5O3/c1-14-17(23)8-4-9-18(14)25-19(29)13-27-11-5-7-16-20(27)26-22(31)28(21(16)30)12-15-6-2-3-10-24-15/h2-11H,12-13H2,1H3,(H,25,29). The highest BCUT2D eigenvalue weighted by atomic mass is 35.5. The Morgan fingerprint density at radius 2 is 1.94 bits per heavy atom. The summed E-state index contributed by atoms with van der Waals surface area (Å²) in [6, 6.07) is 13.7. The summed E-state index contributed by atoms with van der Waals surface area (Å²) in [7, 11) is 0. The molecule has 0 saturated carbocycles. The largest absolute Gasteiger partial charge is 0.352 e. The predicted octanol–water partition coefficient (Wildman–Crippen LogP) is 2.55. The van der Waals surface area contributed by atoms with Crippen LogP contribution in [0.4, 0.5) is 5.69 Å². The van der Waals surface area contributed by atoms with E-state index in [1.165, 1.54) is 4.57 Å². The van der Waals surface area contributed by atoms with Gasteiger partial charge in [-0.15, -0.1) is 0 Å². The van der Waals surface area contributed by atoms with E-state index in [0.29, 0.717) is 16.4 Å². The number of aromatic nitrogens is 4. The Labute approximate surface area is 182 Å². The van der Waals surface area contributed by atoms with E-state index < -0.39 is 11.2 Å². The van der Waals surface area contributed by atoms with Crippen molar-refractivity contribution in [3.05, 3.63) is 98.0 Å². The lowest BCUT2D eigenvalue weighted by atomic mass is 10.2. The van der Waals surface area contributed by atoms with Crippen molar-refractivity contribution in [1.29, 1.82) is 0 Å². The molecule has 0 bridgehead atoms. The number of benzene rings is 1. The molecular weight excluding hydrogens is 418 g/mol. The van der Waals surface area contributed by atoms with Gasteiger partial charge in [-0.25, -0.2) is 4.79 Å². The van der Waals surface area contributed by atoms with E-state index in [1.807, 2.05) is 0 Å². The second-order valence-corrected chi connectivity index (χ2v) is 7.35. The van der Waals surface area contributed by atoms with Gasteiger partial charge in [0.2, 0.25) is 5.91 Å². The lowest BCUT2D eigenvalue weighted by Gasteiger charge is -2.15. The molecule has 0 atom stereocenters. The van der Waals surface area contributed by atoms with Crippen LogP contribution in [0, 0.1) is 6.92 Å². The van der Waals surface area contributed by atoms with Gasteiger partial charge in [0.05, 0.1) is 17.8 Å². The number of nitrogens with one attached hydrogen (secondary N) is 1. The highest BCUT2D eigenvalue weighted by Gasteiger charge is 2.19. The van der Waals surface area contributed by atoms with Gasteiger partial charge < -0.3 is 9.88 Å². The van der Waals surface area contributed by atoms with Crippen LogP contribution in [-0.4, -0.2) is 25.0 Å². The molecule has 1 aromatic heterocycles. The lowest BCUT2D eigenvalue weighted by Crippen LogP contribution is -2.38. The van der Waals surface area contributed by atoms with E-state index in [0.717, 1.165) is 10.1 Å². The predicted molar refractivity (Wildman–Crippen MR) is 118 cm³/mol. The van der Waals surface area contributed by atoms with E-state index in [1.54, 1.807) is 67.8 Å². The van der Waals surface area contributed by atoms with Crippen molar-refractivity contribution in [1.82, 2.24) is 19.1 Å². The number of halogens is 1. The molecular formula is C22H18ClN5O3. The van der Waals surface area contributed by atoms with Gasteiger partial charge in [0.25, 0.3) is 5.56 Å².